The van der Waals surface area contributed by atoms with Gasteiger partial charge in [0, 0.05) is 24.2 Å². The van der Waals surface area contributed by atoms with Gasteiger partial charge >= 0.3 is 0 Å². The van der Waals surface area contributed by atoms with Crippen LogP contribution in [0, 0.1) is 18.7 Å². The van der Waals surface area contributed by atoms with Gasteiger partial charge in [-0.3, -0.25) is 0 Å². The molecule has 2 fully saturated rings. The maximum Gasteiger partial charge on any atom is 0.127 e. The van der Waals surface area contributed by atoms with Crippen LogP contribution < -0.4 is 5.32 Å². The Labute approximate surface area is 121 Å². The van der Waals surface area contributed by atoms with E-state index in [2.05, 4.69) is 17.3 Å². The average Bonchev–Trinajstić information content (AvgIpc) is 2.65. The van der Waals surface area contributed by atoms with Crippen LogP contribution in [0.3, 0.4) is 0 Å². The molecule has 110 valence electrons. The zero-order chi connectivity index (χ0) is 14.1. The second-order valence-electron chi connectivity index (χ2n) is 6.61. The Balaban J connectivity index is 1.50. The molecule has 2 aliphatic heterocycles. The lowest BCUT2D eigenvalue weighted by atomic mass is 9.91. The molecule has 2 saturated heterocycles. The lowest BCUT2D eigenvalue weighted by Gasteiger charge is -2.36. The second-order valence-corrected chi connectivity index (χ2v) is 6.61. The molecular weight excluding hydrogens is 251 g/mol. The van der Waals surface area contributed by atoms with Crippen molar-refractivity contribution in [3.05, 3.63) is 35.1 Å². The number of rotatable bonds is 4. The summed E-state index contributed by atoms with van der Waals surface area (Å²) in [6, 6.07) is 6.92. The maximum absolute atomic E-state index is 13.7. The van der Waals surface area contributed by atoms with E-state index < -0.39 is 0 Å². The molecule has 0 aliphatic carbocycles. The minimum absolute atomic E-state index is 0.0912. The van der Waals surface area contributed by atoms with Gasteiger partial charge in [0.15, 0.2) is 0 Å². The summed E-state index contributed by atoms with van der Waals surface area (Å²) in [4.78, 5) is 2.57. The molecule has 2 unspecified atom stereocenters. The topological polar surface area (TPSA) is 15.3 Å². The van der Waals surface area contributed by atoms with Gasteiger partial charge in [-0.15, -0.1) is 0 Å². The second kappa shape index (κ2) is 5.82. The Hall–Kier alpha value is -0.930. The van der Waals surface area contributed by atoms with E-state index in [0.717, 1.165) is 35.7 Å². The van der Waals surface area contributed by atoms with Crippen LogP contribution in [-0.2, 0) is 6.54 Å². The van der Waals surface area contributed by atoms with Crippen LogP contribution in [0.5, 0.6) is 0 Å². The van der Waals surface area contributed by atoms with Gasteiger partial charge in [0.25, 0.3) is 0 Å². The first-order valence-electron chi connectivity index (χ1n) is 7.81. The summed E-state index contributed by atoms with van der Waals surface area (Å²) in [7, 11) is 2.27. The van der Waals surface area contributed by atoms with Crippen molar-refractivity contribution < 1.29 is 4.39 Å². The number of hydrogen-bond donors (Lipinski definition) is 1. The predicted molar refractivity (Wildman–Crippen MR) is 80.1 cm³/mol. The molecule has 3 heteroatoms. The van der Waals surface area contributed by atoms with E-state index in [1.54, 1.807) is 6.07 Å². The molecule has 2 nitrogen and oxygen atoms in total. The van der Waals surface area contributed by atoms with Crippen molar-refractivity contribution in [1.29, 1.82) is 0 Å². The van der Waals surface area contributed by atoms with Gasteiger partial charge in [0.2, 0.25) is 0 Å². The number of nitrogens with one attached hydrogen (secondary N) is 1. The monoisotopic (exact) mass is 276 g/mol. The van der Waals surface area contributed by atoms with Gasteiger partial charge < -0.3 is 10.2 Å². The fourth-order valence-corrected chi connectivity index (χ4v) is 3.94. The first-order valence-corrected chi connectivity index (χ1v) is 7.81. The Bertz CT molecular complexity index is 460. The van der Waals surface area contributed by atoms with Crippen LogP contribution in [0.25, 0.3) is 0 Å². The van der Waals surface area contributed by atoms with Gasteiger partial charge in [0.1, 0.15) is 5.82 Å². The summed E-state index contributed by atoms with van der Waals surface area (Å²) < 4.78 is 13.7. The third-order valence-corrected chi connectivity index (χ3v) is 5.15. The fraction of sp³-hybridized carbons (Fsp3) is 0.647. The molecule has 2 bridgehead atoms. The highest BCUT2D eigenvalue weighted by atomic mass is 19.1. The van der Waals surface area contributed by atoms with Crippen molar-refractivity contribution in [2.75, 3.05) is 13.6 Å². The quantitative estimate of drug-likeness (QED) is 0.909. The first-order chi connectivity index (χ1) is 9.63. The van der Waals surface area contributed by atoms with Crippen molar-refractivity contribution in [2.45, 2.75) is 51.2 Å². The molecule has 0 spiro atoms. The Kier molecular flexibility index (Phi) is 4.08. The molecule has 2 aliphatic rings. The fourth-order valence-electron chi connectivity index (χ4n) is 3.94. The smallest absolute Gasteiger partial charge is 0.127 e. The van der Waals surface area contributed by atoms with Crippen molar-refractivity contribution in [3.63, 3.8) is 0 Å². The summed E-state index contributed by atoms with van der Waals surface area (Å²) >= 11 is 0. The van der Waals surface area contributed by atoms with Crippen molar-refractivity contribution in [2.24, 2.45) is 5.92 Å². The van der Waals surface area contributed by atoms with E-state index in [1.165, 1.54) is 25.7 Å². The molecular formula is C17H25FN2. The first kappa shape index (κ1) is 14.0. The molecule has 0 saturated carbocycles. The lowest BCUT2D eigenvalue weighted by molar-refractivity contribution is 0.133. The Morgan fingerprint density at radius 2 is 1.95 bits per heavy atom. The van der Waals surface area contributed by atoms with Gasteiger partial charge in [-0.05, 0) is 58.2 Å². The van der Waals surface area contributed by atoms with E-state index in [4.69, 9.17) is 0 Å². The zero-order valence-corrected chi connectivity index (χ0v) is 12.5. The van der Waals surface area contributed by atoms with Crippen LogP contribution in [0.2, 0.25) is 0 Å². The van der Waals surface area contributed by atoms with E-state index in [-0.39, 0.29) is 5.82 Å². The normalized spacial score (nSPS) is 29.9. The minimum atomic E-state index is -0.0912. The predicted octanol–water partition coefficient (Wildman–Crippen LogP) is 3.10. The van der Waals surface area contributed by atoms with E-state index in [1.807, 2.05) is 19.1 Å². The largest absolute Gasteiger partial charge is 0.312 e. The standard InChI is InChI=1S/C17H25FN2/c1-12-3-6-17(18)14(7-12)11-19-10-13-8-15-4-5-16(9-13)20(15)2/h3,6-7,13,15-16,19H,4-5,8-11H2,1-2H3. The maximum atomic E-state index is 13.7. The molecule has 2 atom stereocenters. The summed E-state index contributed by atoms with van der Waals surface area (Å²) in [6.45, 7) is 3.68. The van der Waals surface area contributed by atoms with Gasteiger partial charge in [-0.25, -0.2) is 4.39 Å². The number of fused-ring (bicyclic) bond motifs is 2. The molecule has 1 aromatic carbocycles. The van der Waals surface area contributed by atoms with Crippen LogP contribution in [0.1, 0.15) is 36.8 Å². The molecule has 0 amide bonds. The van der Waals surface area contributed by atoms with Gasteiger partial charge in [-0.2, -0.15) is 0 Å². The van der Waals surface area contributed by atoms with Crippen LogP contribution in [-0.4, -0.2) is 30.6 Å². The van der Waals surface area contributed by atoms with E-state index in [9.17, 15) is 4.39 Å². The van der Waals surface area contributed by atoms with Crippen molar-refractivity contribution >= 4 is 0 Å². The summed E-state index contributed by atoms with van der Waals surface area (Å²) in [5, 5.41) is 3.46. The van der Waals surface area contributed by atoms with Gasteiger partial charge in [-0.1, -0.05) is 17.7 Å². The minimum Gasteiger partial charge on any atom is -0.312 e. The summed E-state index contributed by atoms with van der Waals surface area (Å²) in [5.74, 6) is 0.670. The lowest BCUT2D eigenvalue weighted by Crippen LogP contribution is -2.42. The van der Waals surface area contributed by atoms with Gasteiger partial charge in [0.05, 0.1) is 0 Å². The summed E-state index contributed by atoms with van der Waals surface area (Å²) in [6.07, 6.45) is 5.33. The molecule has 1 N–H and O–H groups in total. The third-order valence-electron chi connectivity index (χ3n) is 5.15. The molecule has 0 aromatic heterocycles. The number of aryl methyl sites for hydroxylation is 1. The molecule has 1 aromatic rings. The van der Waals surface area contributed by atoms with Crippen molar-refractivity contribution in [3.8, 4) is 0 Å². The summed E-state index contributed by atoms with van der Waals surface area (Å²) in [5.41, 5.74) is 1.92. The van der Waals surface area contributed by atoms with Crippen LogP contribution >= 0.6 is 0 Å². The highest BCUT2D eigenvalue weighted by molar-refractivity contribution is 5.23. The molecule has 3 rings (SSSR count). The highest BCUT2D eigenvalue weighted by Crippen LogP contribution is 2.37. The third kappa shape index (κ3) is 2.89. The molecule has 20 heavy (non-hydrogen) atoms. The number of benzene rings is 1. The Morgan fingerprint density at radius 3 is 2.65 bits per heavy atom. The SMILES string of the molecule is Cc1ccc(F)c(CNCC2CC3CCC(C2)N3C)c1. The van der Waals surface area contributed by atoms with Crippen molar-refractivity contribution in [1.82, 2.24) is 10.2 Å². The number of hydrogen-bond acceptors (Lipinski definition) is 2. The molecule has 0 radical (unpaired) electrons. The molecule has 2 heterocycles. The number of piperidine rings is 1. The van der Waals surface area contributed by atoms with Crippen LogP contribution in [0.15, 0.2) is 18.2 Å². The Morgan fingerprint density at radius 1 is 1.25 bits per heavy atom. The van der Waals surface area contributed by atoms with Crippen LogP contribution in [0.4, 0.5) is 4.39 Å². The zero-order valence-electron chi connectivity index (χ0n) is 12.5. The number of nitrogens with zero attached hydrogens (tertiary/aromatic N) is 1. The average molecular weight is 276 g/mol. The highest BCUT2D eigenvalue weighted by Gasteiger charge is 2.37. The van der Waals surface area contributed by atoms with E-state index in [0.29, 0.717) is 6.54 Å². The number of halogens is 1. The van der Waals surface area contributed by atoms with E-state index >= 15 is 0 Å².